The van der Waals surface area contributed by atoms with Crippen molar-refractivity contribution in [3.8, 4) is 0 Å². The molecule has 90 valence electrons. The standard InChI is InChI=1S/C10H21NO3S/c1-2-6-15(13,14)7-5-11-8-10(12)9-3-4-9/h9-12H,2-8H2,1H3. The Hall–Kier alpha value is -0.130. The molecule has 4 nitrogen and oxygen atoms in total. The Bertz CT molecular complexity index is 272. The predicted molar refractivity (Wildman–Crippen MR) is 60.5 cm³/mol. The summed E-state index contributed by atoms with van der Waals surface area (Å²) in [6, 6.07) is 0. The van der Waals surface area contributed by atoms with E-state index in [1.54, 1.807) is 0 Å². The van der Waals surface area contributed by atoms with E-state index < -0.39 is 9.84 Å². The van der Waals surface area contributed by atoms with Gasteiger partial charge in [-0.3, -0.25) is 0 Å². The SMILES string of the molecule is CCCS(=O)(=O)CCNCC(O)C1CC1. The van der Waals surface area contributed by atoms with Crippen LogP contribution in [0.4, 0.5) is 0 Å². The summed E-state index contributed by atoms with van der Waals surface area (Å²) in [6.45, 7) is 2.83. The quantitative estimate of drug-likeness (QED) is 0.589. The first kappa shape index (κ1) is 12.9. The van der Waals surface area contributed by atoms with Crippen LogP contribution in [0.1, 0.15) is 26.2 Å². The van der Waals surface area contributed by atoms with Crippen molar-refractivity contribution in [1.82, 2.24) is 5.32 Å². The first-order chi connectivity index (χ1) is 7.05. The van der Waals surface area contributed by atoms with Crippen LogP contribution in [0, 0.1) is 5.92 Å². The molecule has 0 radical (unpaired) electrons. The molecule has 0 aromatic rings. The van der Waals surface area contributed by atoms with Crippen molar-refractivity contribution in [1.29, 1.82) is 0 Å². The van der Waals surface area contributed by atoms with Crippen LogP contribution in [-0.2, 0) is 9.84 Å². The highest BCUT2D eigenvalue weighted by atomic mass is 32.2. The minimum absolute atomic E-state index is 0.179. The van der Waals surface area contributed by atoms with E-state index in [9.17, 15) is 13.5 Å². The van der Waals surface area contributed by atoms with Gasteiger partial charge in [0.1, 0.15) is 0 Å². The number of sulfone groups is 1. The number of nitrogens with one attached hydrogen (secondary N) is 1. The van der Waals surface area contributed by atoms with Crippen molar-refractivity contribution in [2.24, 2.45) is 5.92 Å². The van der Waals surface area contributed by atoms with Crippen molar-refractivity contribution in [3.63, 3.8) is 0 Å². The van der Waals surface area contributed by atoms with Crippen molar-refractivity contribution in [2.75, 3.05) is 24.6 Å². The number of aliphatic hydroxyl groups excluding tert-OH is 1. The Morgan fingerprint density at radius 2 is 2.07 bits per heavy atom. The maximum atomic E-state index is 11.3. The first-order valence-electron chi connectivity index (χ1n) is 5.64. The fourth-order valence-corrected chi connectivity index (χ4v) is 2.82. The molecular formula is C10H21NO3S. The lowest BCUT2D eigenvalue weighted by Crippen LogP contribution is -2.32. The Balaban J connectivity index is 2.05. The summed E-state index contributed by atoms with van der Waals surface area (Å²) in [5, 5.41) is 12.5. The third kappa shape index (κ3) is 5.49. The van der Waals surface area contributed by atoms with E-state index in [4.69, 9.17) is 0 Å². The first-order valence-corrected chi connectivity index (χ1v) is 7.46. The molecular weight excluding hydrogens is 214 g/mol. The molecule has 15 heavy (non-hydrogen) atoms. The van der Waals surface area contributed by atoms with Crippen molar-refractivity contribution < 1.29 is 13.5 Å². The largest absolute Gasteiger partial charge is 0.392 e. The monoisotopic (exact) mass is 235 g/mol. The molecule has 1 saturated carbocycles. The fourth-order valence-electron chi connectivity index (χ4n) is 1.54. The molecule has 0 bridgehead atoms. The smallest absolute Gasteiger partial charge is 0.151 e. The molecule has 0 amide bonds. The van der Waals surface area contributed by atoms with Gasteiger partial charge in [0.25, 0.3) is 0 Å². The van der Waals surface area contributed by atoms with Gasteiger partial charge in [-0.1, -0.05) is 6.92 Å². The average molecular weight is 235 g/mol. The van der Waals surface area contributed by atoms with Gasteiger partial charge in [-0.15, -0.1) is 0 Å². The molecule has 1 unspecified atom stereocenters. The third-order valence-electron chi connectivity index (χ3n) is 2.62. The van der Waals surface area contributed by atoms with Gasteiger partial charge in [0, 0.05) is 18.8 Å². The number of hydrogen-bond acceptors (Lipinski definition) is 4. The normalized spacial score (nSPS) is 19.1. The van der Waals surface area contributed by atoms with Gasteiger partial charge in [0.2, 0.25) is 0 Å². The summed E-state index contributed by atoms with van der Waals surface area (Å²) in [5.74, 6) is 0.891. The molecule has 1 aliphatic rings. The number of hydrogen-bond donors (Lipinski definition) is 2. The van der Waals surface area contributed by atoms with Crippen LogP contribution in [0.3, 0.4) is 0 Å². The maximum Gasteiger partial charge on any atom is 0.151 e. The lowest BCUT2D eigenvalue weighted by atomic mass is 10.2. The van der Waals surface area contributed by atoms with Crippen LogP contribution in [0.25, 0.3) is 0 Å². The highest BCUT2D eigenvalue weighted by Crippen LogP contribution is 2.32. The second-order valence-corrected chi connectivity index (χ2v) is 6.56. The molecule has 0 aliphatic heterocycles. The lowest BCUT2D eigenvalue weighted by Gasteiger charge is -2.10. The second kappa shape index (κ2) is 5.82. The summed E-state index contributed by atoms with van der Waals surface area (Å²) in [6.07, 6.45) is 2.60. The molecule has 1 atom stereocenters. The van der Waals surface area contributed by atoms with E-state index in [0.29, 0.717) is 25.4 Å². The number of rotatable bonds is 8. The van der Waals surface area contributed by atoms with Gasteiger partial charge in [-0.05, 0) is 25.2 Å². The molecule has 1 fully saturated rings. The second-order valence-electron chi connectivity index (χ2n) is 4.26. The molecule has 0 heterocycles. The molecule has 0 aromatic carbocycles. The van der Waals surface area contributed by atoms with Gasteiger partial charge in [-0.25, -0.2) is 8.42 Å². The average Bonchev–Trinajstić information content (AvgIpc) is 2.95. The van der Waals surface area contributed by atoms with E-state index in [2.05, 4.69) is 5.32 Å². The predicted octanol–water partition coefficient (Wildman–Crippen LogP) is 0.172. The van der Waals surface area contributed by atoms with E-state index in [1.807, 2.05) is 6.92 Å². The van der Waals surface area contributed by atoms with Crippen molar-refractivity contribution >= 4 is 9.84 Å². The third-order valence-corrected chi connectivity index (χ3v) is 4.48. The van der Waals surface area contributed by atoms with Crippen LogP contribution >= 0.6 is 0 Å². The van der Waals surface area contributed by atoms with E-state index in [1.165, 1.54) is 0 Å². The van der Waals surface area contributed by atoms with Crippen LogP contribution in [0.5, 0.6) is 0 Å². The lowest BCUT2D eigenvalue weighted by molar-refractivity contribution is 0.149. The Labute approximate surface area is 92.0 Å². The zero-order valence-electron chi connectivity index (χ0n) is 9.28. The summed E-state index contributed by atoms with van der Waals surface area (Å²) in [4.78, 5) is 0. The molecule has 1 rings (SSSR count). The maximum absolute atomic E-state index is 11.3. The summed E-state index contributed by atoms with van der Waals surface area (Å²) < 4.78 is 22.6. The van der Waals surface area contributed by atoms with Gasteiger partial charge in [-0.2, -0.15) is 0 Å². The van der Waals surface area contributed by atoms with E-state index >= 15 is 0 Å². The van der Waals surface area contributed by atoms with Crippen molar-refractivity contribution in [3.05, 3.63) is 0 Å². The zero-order chi connectivity index (χ0) is 11.3. The molecule has 0 saturated heterocycles. The van der Waals surface area contributed by atoms with Gasteiger partial charge < -0.3 is 10.4 Å². The minimum atomic E-state index is -2.88. The molecule has 5 heteroatoms. The fraction of sp³-hybridized carbons (Fsp3) is 1.00. The van der Waals surface area contributed by atoms with Crippen LogP contribution in [0.15, 0.2) is 0 Å². The molecule has 0 aromatic heterocycles. The van der Waals surface area contributed by atoms with Crippen LogP contribution in [-0.4, -0.2) is 44.2 Å². The number of aliphatic hydroxyl groups is 1. The van der Waals surface area contributed by atoms with Crippen molar-refractivity contribution in [2.45, 2.75) is 32.3 Å². The van der Waals surface area contributed by atoms with Crippen LogP contribution < -0.4 is 5.32 Å². The molecule has 2 N–H and O–H groups in total. The Morgan fingerprint density at radius 1 is 1.40 bits per heavy atom. The Morgan fingerprint density at radius 3 is 2.60 bits per heavy atom. The zero-order valence-corrected chi connectivity index (χ0v) is 10.1. The van der Waals surface area contributed by atoms with E-state index in [-0.39, 0.29) is 17.6 Å². The highest BCUT2D eigenvalue weighted by Gasteiger charge is 2.29. The van der Waals surface area contributed by atoms with E-state index in [0.717, 1.165) is 12.8 Å². The highest BCUT2D eigenvalue weighted by molar-refractivity contribution is 7.91. The van der Waals surface area contributed by atoms with Gasteiger partial charge in [0.15, 0.2) is 9.84 Å². The molecule has 1 aliphatic carbocycles. The summed E-state index contributed by atoms with van der Waals surface area (Å²) in [5.41, 5.74) is 0. The van der Waals surface area contributed by atoms with Gasteiger partial charge in [0.05, 0.1) is 11.9 Å². The minimum Gasteiger partial charge on any atom is -0.392 e. The summed E-state index contributed by atoms with van der Waals surface area (Å²) >= 11 is 0. The van der Waals surface area contributed by atoms with Gasteiger partial charge >= 0.3 is 0 Å². The Kier molecular flexibility index (Phi) is 5.02. The molecule has 0 spiro atoms. The summed E-state index contributed by atoms with van der Waals surface area (Å²) in [7, 11) is -2.88. The topological polar surface area (TPSA) is 66.4 Å². The van der Waals surface area contributed by atoms with Crippen LogP contribution in [0.2, 0.25) is 0 Å².